The van der Waals surface area contributed by atoms with E-state index in [1.165, 1.54) is 19.4 Å². The monoisotopic (exact) mass is 256 g/mol. The van der Waals surface area contributed by atoms with Gasteiger partial charge >= 0.3 is 5.97 Å². The zero-order valence-corrected chi connectivity index (χ0v) is 11.3. The van der Waals surface area contributed by atoms with Gasteiger partial charge in [0.1, 0.15) is 0 Å². The number of hydrogen-bond acceptors (Lipinski definition) is 4. The molecule has 18 heavy (non-hydrogen) atoms. The van der Waals surface area contributed by atoms with Crippen molar-refractivity contribution in [1.82, 2.24) is 10.2 Å². The van der Waals surface area contributed by atoms with Gasteiger partial charge < -0.3 is 15.2 Å². The summed E-state index contributed by atoms with van der Waals surface area (Å²) in [4.78, 5) is 13.4. The summed E-state index contributed by atoms with van der Waals surface area (Å²) in [6.07, 6.45) is 2.73. The van der Waals surface area contributed by atoms with Crippen molar-refractivity contribution in [3.63, 3.8) is 0 Å². The van der Waals surface area contributed by atoms with Crippen molar-refractivity contribution in [2.45, 2.75) is 44.9 Å². The van der Waals surface area contributed by atoms with Gasteiger partial charge in [0.15, 0.2) is 0 Å². The number of carboxylic acids is 1. The maximum absolute atomic E-state index is 10.9. The van der Waals surface area contributed by atoms with E-state index in [4.69, 9.17) is 9.84 Å². The minimum Gasteiger partial charge on any atom is -0.481 e. The van der Waals surface area contributed by atoms with Gasteiger partial charge in [0, 0.05) is 25.2 Å². The number of carboxylic acid groups (broad SMARTS) is 1. The summed E-state index contributed by atoms with van der Waals surface area (Å²) in [5.41, 5.74) is 0. The minimum absolute atomic E-state index is 0.0256. The third-order valence-electron chi connectivity index (χ3n) is 4.27. The number of nitrogens with zero attached hydrogens (tertiary/aromatic N) is 1. The van der Waals surface area contributed by atoms with Crippen LogP contribution in [0.3, 0.4) is 0 Å². The first-order valence-corrected chi connectivity index (χ1v) is 6.89. The Morgan fingerprint density at radius 3 is 3.06 bits per heavy atom. The van der Waals surface area contributed by atoms with Crippen LogP contribution in [0.4, 0.5) is 0 Å². The van der Waals surface area contributed by atoms with E-state index in [9.17, 15) is 4.79 Å². The summed E-state index contributed by atoms with van der Waals surface area (Å²) in [6, 6.07) is 0.596. The molecule has 0 aromatic rings. The highest BCUT2D eigenvalue weighted by atomic mass is 16.5. The van der Waals surface area contributed by atoms with Crippen molar-refractivity contribution in [1.29, 1.82) is 0 Å². The maximum Gasteiger partial charge on any atom is 0.307 e. The number of fused-ring (bicyclic) bond motifs is 1. The summed E-state index contributed by atoms with van der Waals surface area (Å²) in [5.74, 6) is -1.12. The SMILES string of the molecule is CC(NCC1CN2CCCC2CO1)C(C)C(=O)O. The zero-order chi connectivity index (χ0) is 13.1. The molecule has 2 aliphatic heterocycles. The molecule has 0 aliphatic carbocycles. The Labute approximate surface area is 108 Å². The molecule has 104 valence electrons. The Morgan fingerprint density at radius 1 is 1.56 bits per heavy atom. The lowest BCUT2D eigenvalue weighted by molar-refractivity contribution is -0.142. The van der Waals surface area contributed by atoms with Gasteiger partial charge in [-0.3, -0.25) is 9.69 Å². The number of carbonyl (C=O) groups is 1. The molecule has 0 amide bonds. The van der Waals surface area contributed by atoms with Crippen LogP contribution >= 0.6 is 0 Å². The van der Waals surface area contributed by atoms with Gasteiger partial charge in [0.05, 0.1) is 18.6 Å². The molecule has 0 spiro atoms. The minimum atomic E-state index is -0.751. The number of nitrogens with one attached hydrogen (secondary N) is 1. The lowest BCUT2D eigenvalue weighted by Gasteiger charge is -2.36. The van der Waals surface area contributed by atoms with Crippen molar-refractivity contribution >= 4 is 5.97 Å². The van der Waals surface area contributed by atoms with Crippen LogP contribution in [-0.4, -0.2) is 60.4 Å². The normalized spacial score (nSPS) is 31.9. The molecule has 5 nitrogen and oxygen atoms in total. The van der Waals surface area contributed by atoms with Crippen LogP contribution in [0.2, 0.25) is 0 Å². The molecule has 0 aromatic carbocycles. The molecule has 2 fully saturated rings. The standard InChI is InChI=1S/C13H24N2O3/c1-9(13(16)17)10(2)14-6-12-7-15-5-3-4-11(15)8-18-12/h9-12,14H,3-8H2,1-2H3,(H,16,17). The molecule has 0 saturated carbocycles. The molecule has 2 N–H and O–H groups in total. The van der Waals surface area contributed by atoms with E-state index in [2.05, 4.69) is 10.2 Å². The molecule has 0 radical (unpaired) electrons. The zero-order valence-electron chi connectivity index (χ0n) is 11.3. The molecule has 2 saturated heterocycles. The Hall–Kier alpha value is -0.650. The average Bonchev–Trinajstić information content (AvgIpc) is 2.82. The van der Waals surface area contributed by atoms with E-state index in [0.717, 1.165) is 19.7 Å². The van der Waals surface area contributed by atoms with Crippen molar-refractivity contribution < 1.29 is 14.6 Å². The topological polar surface area (TPSA) is 61.8 Å². The molecule has 4 unspecified atom stereocenters. The lowest BCUT2D eigenvalue weighted by atomic mass is 10.0. The molecular weight excluding hydrogens is 232 g/mol. The van der Waals surface area contributed by atoms with Gasteiger partial charge in [-0.15, -0.1) is 0 Å². The number of hydrogen-bond donors (Lipinski definition) is 2. The van der Waals surface area contributed by atoms with E-state index < -0.39 is 5.97 Å². The first kappa shape index (κ1) is 13.8. The highest BCUT2D eigenvalue weighted by Crippen LogP contribution is 2.22. The molecule has 5 heteroatoms. The Bertz CT molecular complexity index is 298. The molecule has 2 heterocycles. The second kappa shape index (κ2) is 5.99. The predicted octanol–water partition coefficient (Wildman–Crippen LogP) is 0.548. The van der Waals surface area contributed by atoms with Gasteiger partial charge in [-0.05, 0) is 26.3 Å². The Morgan fingerprint density at radius 2 is 2.33 bits per heavy atom. The third-order valence-corrected chi connectivity index (χ3v) is 4.27. The van der Waals surface area contributed by atoms with Crippen molar-refractivity contribution in [3.05, 3.63) is 0 Å². The second-order valence-corrected chi connectivity index (χ2v) is 5.57. The first-order valence-electron chi connectivity index (χ1n) is 6.89. The largest absolute Gasteiger partial charge is 0.481 e. The molecule has 2 rings (SSSR count). The average molecular weight is 256 g/mol. The molecule has 0 bridgehead atoms. The second-order valence-electron chi connectivity index (χ2n) is 5.57. The van der Waals surface area contributed by atoms with Crippen molar-refractivity contribution in [2.24, 2.45) is 5.92 Å². The fourth-order valence-electron chi connectivity index (χ4n) is 2.72. The number of rotatable bonds is 5. The molecular formula is C13H24N2O3. The molecule has 4 atom stereocenters. The Kier molecular flexibility index (Phi) is 4.59. The Balaban J connectivity index is 1.72. The van der Waals surface area contributed by atoms with Crippen LogP contribution in [-0.2, 0) is 9.53 Å². The molecule has 2 aliphatic rings. The van der Waals surface area contributed by atoms with Crippen LogP contribution in [0.5, 0.6) is 0 Å². The highest BCUT2D eigenvalue weighted by molar-refractivity contribution is 5.70. The fraction of sp³-hybridized carbons (Fsp3) is 0.923. The summed E-state index contributed by atoms with van der Waals surface area (Å²) >= 11 is 0. The van der Waals surface area contributed by atoms with Gasteiger partial charge in [-0.2, -0.15) is 0 Å². The summed E-state index contributed by atoms with van der Waals surface area (Å²) in [5, 5.41) is 12.2. The van der Waals surface area contributed by atoms with Crippen LogP contribution in [0.15, 0.2) is 0 Å². The third kappa shape index (κ3) is 3.22. The fourth-order valence-corrected chi connectivity index (χ4v) is 2.72. The van der Waals surface area contributed by atoms with Gasteiger partial charge in [0.2, 0.25) is 0 Å². The van der Waals surface area contributed by atoms with Crippen LogP contribution < -0.4 is 5.32 Å². The van der Waals surface area contributed by atoms with Gasteiger partial charge in [-0.25, -0.2) is 0 Å². The van der Waals surface area contributed by atoms with Crippen molar-refractivity contribution in [2.75, 3.05) is 26.2 Å². The summed E-state index contributed by atoms with van der Waals surface area (Å²) in [7, 11) is 0. The van der Waals surface area contributed by atoms with E-state index in [-0.39, 0.29) is 18.1 Å². The summed E-state index contributed by atoms with van der Waals surface area (Å²) in [6.45, 7) is 7.38. The van der Waals surface area contributed by atoms with Crippen LogP contribution in [0, 0.1) is 5.92 Å². The quantitative estimate of drug-likeness (QED) is 0.752. The summed E-state index contributed by atoms with van der Waals surface area (Å²) < 4.78 is 5.83. The smallest absolute Gasteiger partial charge is 0.307 e. The number of ether oxygens (including phenoxy) is 1. The van der Waals surface area contributed by atoms with Crippen molar-refractivity contribution in [3.8, 4) is 0 Å². The number of aliphatic carboxylic acids is 1. The van der Waals surface area contributed by atoms with E-state index >= 15 is 0 Å². The molecule has 0 aromatic heterocycles. The highest BCUT2D eigenvalue weighted by Gasteiger charge is 2.32. The predicted molar refractivity (Wildman–Crippen MR) is 68.6 cm³/mol. The first-order chi connectivity index (χ1) is 8.58. The van der Waals surface area contributed by atoms with Crippen LogP contribution in [0.25, 0.3) is 0 Å². The van der Waals surface area contributed by atoms with Gasteiger partial charge in [0.25, 0.3) is 0 Å². The lowest BCUT2D eigenvalue weighted by Crippen LogP contribution is -2.51. The number of morpholine rings is 1. The van der Waals surface area contributed by atoms with Crippen LogP contribution in [0.1, 0.15) is 26.7 Å². The van der Waals surface area contributed by atoms with Gasteiger partial charge in [-0.1, -0.05) is 6.92 Å². The van der Waals surface area contributed by atoms with E-state index in [0.29, 0.717) is 6.04 Å². The maximum atomic E-state index is 10.9. The van der Waals surface area contributed by atoms with E-state index in [1.54, 1.807) is 6.92 Å². The van der Waals surface area contributed by atoms with E-state index in [1.807, 2.05) is 6.92 Å².